The van der Waals surface area contributed by atoms with E-state index >= 15 is 0 Å². The monoisotopic (exact) mass is 360 g/mol. The lowest BCUT2D eigenvalue weighted by molar-refractivity contribution is 0.482. The van der Waals surface area contributed by atoms with E-state index in [-0.39, 0.29) is 5.75 Å². The maximum Gasteiger partial charge on any atom is 0.150 e. The number of azo groups is 3. The average Bonchev–Trinajstić information content (AvgIpc) is 2.65. The Morgan fingerprint density at radius 1 is 0.667 bits per heavy atom. The molecule has 0 spiro atoms. The molecule has 0 heterocycles. The summed E-state index contributed by atoms with van der Waals surface area (Å²) < 4.78 is 0. The third kappa shape index (κ3) is 3.87. The lowest BCUT2D eigenvalue weighted by atomic mass is 10.1. The molecular weight excluding hydrogens is 340 g/mol. The summed E-state index contributed by atoms with van der Waals surface area (Å²) >= 11 is 0. The minimum Gasteiger partial charge on any atom is -0.505 e. The van der Waals surface area contributed by atoms with Crippen LogP contribution in [0.2, 0.25) is 0 Å². The summed E-state index contributed by atoms with van der Waals surface area (Å²) in [4.78, 5) is 0. The zero-order chi connectivity index (χ0) is 19.4. The number of fused-ring (bicyclic) bond motifs is 1. The fourth-order valence-corrected chi connectivity index (χ4v) is 2.76. The van der Waals surface area contributed by atoms with E-state index < -0.39 is 0 Å². The van der Waals surface area contributed by atoms with Gasteiger partial charge in [-0.2, -0.15) is 25.6 Å². The van der Waals surface area contributed by atoms with Crippen molar-refractivity contribution in [2.45, 2.75) is 13.8 Å². The van der Waals surface area contributed by atoms with Crippen molar-refractivity contribution < 1.29 is 5.11 Å². The molecule has 0 saturated heterocycles. The summed E-state index contributed by atoms with van der Waals surface area (Å²) in [5.41, 5.74) is 4.56. The molecule has 1 N–H and O–H groups in total. The van der Waals surface area contributed by atoms with Crippen LogP contribution in [0.3, 0.4) is 0 Å². The molecule has 3 aromatic carbocycles. The molecule has 0 unspecified atom stereocenters. The van der Waals surface area contributed by atoms with Crippen molar-refractivity contribution in [1.82, 2.24) is 0 Å². The van der Waals surface area contributed by atoms with Gasteiger partial charge in [-0.25, -0.2) is 0 Å². The molecule has 0 amide bonds. The van der Waals surface area contributed by atoms with E-state index in [2.05, 4.69) is 30.7 Å². The Hall–Kier alpha value is -3.48. The van der Waals surface area contributed by atoms with E-state index in [9.17, 15) is 5.11 Å². The van der Waals surface area contributed by atoms with Crippen LogP contribution in [0.4, 0.5) is 22.7 Å². The molecule has 0 aromatic heterocycles. The number of phenols is 1. The highest BCUT2D eigenvalue weighted by Gasteiger charge is 2.08. The van der Waals surface area contributed by atoms with E-state index in [1.54, 1.807) is 32.3 Å². The van der Waals surface area contributed by atoms with Crippen LogP contribution in [-0.2, 0) is 0 Å². The lowest BCUT2D eigenvalue weighted by Gasteiger charge is -2.06. The summed E-state index contributed by atoms with van der Waals surface area (Å²) in [5, 5.41) is 36.3. The molecule has 0 fully saturated rings. The van der Waals surface area contributed by atoms with Crippen LogP contribution in [0, 0.1) is 13.8 Å². The minimum absolute atomic E-state index is 0.0852. The molecule has 0 aliphatic heterocycles. The Morgan fingerprint density at radius 3 is 1.96 bits per heavy atom. The molecule has 0 saturated carbocycles. The molecule has 0 aliphatic carbocycles. The van der Waals surface area contributed by atoms with E-state index in [0.29, 0.717) is 11.1 Å². The van der Waals surface area contributed by atoms with Crippen molar-refractivity contribution in [2.24, 2.45) is 30.7 Å². The predicted molar refractivity (Wildman–Crippen MR) is 107 cm³/mol. The first-order valence-electron chi connectivity index (χ1n) is 8.42. The van der Waals surface area contributed by atoms with Gasteiger partial charge in [-0.3, -0.25) is 0 Å². The summed E-state index contributed by atoms with van der Waals surface area (Å²) in [6.07, 6.45) is 0. The molecule has 0 aliphatic rings. The molecule has 136 valence electrons. The maximum atomic E-state index is 10.6. The third-order valence-corrected chi connectivity index (χ3v) is 4.16. The Morgan fingerprint density at radius 2 is 1.30 bits per heavy atom. The number of nitrogens with zero attached hydrogens (tertiary/aromatic N) is 6. The largest absolute Gasteiger partial charge is 0.505 e. The smallest absolute Gasteiger partial charge is 0.150 e. The van der Waals surface area contributed by atoms with Crippen molar-refractivity contribution in [3.05, 3.63) is 53.6 Å². The Labute approximate surface area is 157 Å². The summed E-state index contributed by atoms with van der Waals surface area (Å²) in [5.74, 6) is 0.0852. The number of hydrogen-bond donors (Lipinski definition) is 1. The van der Waals surface area contributed by atoms with E-state index in [1.165, 1.54) is 0 Å². The van der Waals surface area contributed by atoms with Gasteiger partial charge in [-0.05, 0) is 66.8 Å². The highest BCUT2D eigenvalue weighted by Crippen LogP contribution is 2.37. The first kappa shape index (κ1) is 18.3. The quantitative estimate of drug-likeness (QED) is 0.498. The first-order valence-corrected chi connectivity index (χ1v) is 8.42. The van der Waals surface area contributed by atoms with Crippen molar-refractivity contribution >= 4 is 33.5 Å². The van der Waals surface area contributed by atoms with Crippen molar-refractivity contribution in [1.29, 1.82) is 0 Å². The molecule has 0 atom stereocenters. The third-order valence-electron chi connectivity index (χ3n) is 4.16. The summed E-state index contributed by atoms with van der Waals surface area (Å²) in [6, 6.07) is 12.9. The molecule has 27 heavy (non-hydrogen) atoms. The number of rotatable bonds is 4. The van der Waals surface area contributed by atoms with Crippen molar-refractivity contribution in [3.8, 4) is 5.75 Å². The zero-order valence-electron chi connectivity index (χ0n) is 15.7. The van der Waals surface area contributed by atoms with Crippen molar-refractivity contribution in [2.75, 3.05) is 14.1 Å². The Balaban J connectivity index is 1.98. The Kier molecular flexibility index (Phi) is 5.30. The Bertz CT molecular complexity index is 1090. The van der Waals surface area contributed by atoms with Crippen LogP contribution in [0.1, 0.15) is 11.1 Å². The molecule has 7 heteroatoms. The van der Waals surface area contributed by atoms with Gasteiger partial charge < -0.3 is 5.11 Å². The molecule has 3 aromatic rings. The minimum atomic E-state index is 0.0852. The highest BCUT2D eigenvalue weighted by atomic mass is 16.3. The van der Waals surface area contributed by atoms with Crippen molar-refractivity contribution in [3.63, 3.8) is 0 Å². The zero-order valence-corrected chi connectivity index (χ0v) is 15.7. The van der Waals surface area contributed by atoms with Crippen LogP contribution in [-0.4, -0.2) is 19.2 Å². The van der Waals surface area contributed by atoms with Crippen LogP contribution in [0.25, 0.3) is 10.8 Å². The van der Waals surface area contributed by atoms with Gasteiger partial charge >= 0.3 is 0 Å². The van der Waals surface area contributed by atoms with E-state index in [1.807, 2.05) is 38.1 Å². The number of aromatic hydroxyl groups is 1. The second-order valence-electron chi connectivity index (χ2n) is 6.06. The van der Waals surface area contributed by atoms with Gasteiger partial charge in [-0.15, -0.1) is 5.11 Å². The van der Waals surface area contributed by atoms with Crippen LogP contribution < -0.4 is 0 Å². The molecular formula is C20H20N6O. The number of phenolic OH excluding ortho intramolecular Hbond substituents is 1. The van der Waals surface area contributed by atoms with Crippen LogP contribution >= 0.6 is 0 Å². The second kappa shape index (κ2) is 7.82. The van der Waals surface area contributed by atoms with Crippen LogP contribution in [0.15, 0.2) is 73.2 Å². The first-order chi connectivity index (χ1) is 13.0. The standard InChI is InChI=1S/C20H20N6O/c1-12-10-19(13(2)9-18(12)24-22-4)26-25-17-8-5-14-11-15(23-21-3)6-7-16(14)20(17)27/h5-11,27H,1-4H3. The SMILES string of the molecule is CN=Nc1ccc2c(O)c(N=Nc3cc(C)c(N=NC)cc3C)ccc2c1. The predicted octanol–water partition coefficient (Wildman–Crippen LogP) is 7.00. The number of aryl methyl sites for hydroxylation is 2. The maximum absolute atomic E-state index is 10.6. The van der Waals surface area contributed by atoms with Gasteiger partial charge in [-0.1, -0.05) is 6.07 Å². The van der Waals surface area contributed by atoms with Gasteiger partial charge in [0, 0.05) is 19.5 Å². The van der Waals surface area contributed by atoms with E-state index in [4.69, 9.17) is 0 Å². The van der Waals surface area contributed by atoms with Gasteiger partial charge in [0.05, 0.1) is 17.1 Å². The normalized spacial score (nSPS) is 12.1. The van der Waals surface area contributed by atoms with E-state index in [0.717, 1.165) is 33.6 Å². The molecule has 0 radical (unpaired) electrons. The molecule has 7 nitrogen and oxygen atoms in total. The lowest BCUT2D eigenvalue weighted by Crippen LogP contribution is -1.80. The van der Waals surface area contributed by atoms with Gasteiger partial charge in [0.25, 0.3) is 0 Å². The fourth-order valence-electron chi connectivity index (χ4n) is 2.76. The van der Waals surface area contributed by atoms with Gasteiger partial charge in [0.2, 0.25) is 0 Å². The topological polar surface area (TPSA) is 94.4 Å². The number of benzene rings is 3. The summed E-state index contributed by atoms with van der Waals surface area (Å²) in [6.45, 7) is 3.88. The summed E-state index contributed by atoms with van der Waals surface area (Å²) in [7, 11) is 3.26. The van der Waals surface area contributed by atoms with Gasteiger partial charge in [0.1, 0.15) is 5.69 Å². The number of hydrogen-bond acceptors (Lipinski definition) is 7. The van der Waals surface area contributed by atoms with Gasteiger partial charge in [0.15, 0.2) is 5.75 Å². The molecule has 0 bridgehead atoms. The average molecular weight is 360 g/mol. The highest BCUT2D eigenvalue weighted by molar-refractivity contribution is 5.94. The second-order valence-corrected chi connectivity index (χ2v) is 6.06. The molecule has 3 rings (SSSR count). The fraction of sp³-hybridized carbons (Fsp3) is 0.200. The van der Waals surface area contributed by atoms with Crippen LogP contribution in [0.5, 0.6) is 5.75 Å².